The van der Waals surface area contributed by atoms with Gasteiger partial charge in [0.15, 0.2) is 0 Å². The number of aryl methyl sites for hydroxylation is 2. The molecule has 1 fully saturated rings. The predicted octanol–water partition coefficient (Wildman–Crippen LogP) is 5.61. The largest absolute Gasteiger partial charge is 0.494 e. The molecule has 4 amide bonds. The van der Waals surface area contributed by atoms with Gasteiger partial charge in [-0.2, -0.15) is 0 Å². The molecule has 0 unspecified atom stereocenters. The number of carbonyl (C=O) groups is 3. The van der Waals surface area contributed by atoms with Gasteiger partial charge in [0.1, 0.15) is 11.3 Å². The average molecular weight is 489 g/mol. The molecule has 178 valence electrons. The number of hydrogen-bond donors (Lipinski definition) is 1. The number of hydrogen-bond acceptors (Lipinski definition) is 4. The molecule has 0 saturated carbocycles. The lowest BCUT2D eigenvalue weighted by atomic mass is 10.0. The molecule has 0 radical (unpaired) electrons. The molecule has 6 nitrogen and oxygen atoms in total. The minimum atomic E-state index is -0.773. The predicted molar refractivity (Wildman–Crippen MR) is 137 cm³/mol. The molecule has 4 rings (SSSR count). The van der Waals surface area contributed by atoms with E-state index in [2.05, 4.69) is 5.32 Å². The molecule has 3 aromatic rings. The third-order valence-corrected chi connectivity index (χ3v) is 6.26. The van der Waals surface area contributed by atoms with Gasteiger partial charge in [0.25, 0.3) is 11.8 Å². The maximum absolute atomic E-state index is 13.2. The third kappa shape index (κ3) is 5.12. The zero-order valence-corrected chi connectivity index (χ0v) is 20.5. The van der Waals surface area contributed by atoms with Crippen LogP contribution in [0.4, 0.5) is 10.5 Å². The molecule has 1 N–H and O–H groups in total. The fraction of sp³-hybridized carbons (Fsp3) is 0.179. The van der Waals surface area contributed by atoms with Crippen LogP contribution < -0.4 is 15.0 Å². The number of imide groups is 2. The molecule has 3 aromatic carbocycles. The van der Waals surface area contributed by atoms with E-state index >= 15 is 0 Å². The first-order chi connectivity index (χ1) is 16.8. The SMILES string of the molecule is CCOc1cc(/C=C2\C(=O)NC(=O)N(c3ccc(C)c(C)c3)C2=O)ccc1Cc1ccccc1Cl. The summed E-state index contributed by atoms with van der Waals surface area (Å²) in [6.07, 6.45) is 2.04. The fourth-order valence-electron chi connectivity index (χ4n) is 3.87. The van der Waals surface area contributed by atoms with Crippen molar-refractivity contribution < 1.29 is 19.1 Å². The number of ether oxygens (including phenoxy) is 1. The quantitative estimate of drug-likeness (QED) is 0.361. The Morgan fingerprint density at radius 1 is 0.943 bits per heavy atom. The van der Waals surface area contributed by atoms with Crippen molar-refractivity contribution >= 4 is 41.2 Å². The van der Waals surface area contributed by atoms with Crippen LogP contribution in [0, 0.1) is 13.8 Å². The van der Waals surface area contributed by atoms with Gasteiger partial charge in [0.2, 0.25) is 0 Å². The number of amides is 4. The highest BCUT2D eigenvalue weighted by Crippen LogP contribution is 2.29. The van der Waals surface area contributed by atoms with Crippen LogP contribution in [-0.4, -0.2) is 24.5 Å². The second-order valence-corrected chi connectivity index (χ2v) is 8.70. The molecule has 35 heavy (non-hydrogen) atoms. The lowest BCUT2D eigenvalue weighted by molar-refractivity contribution is -0.122. The van der Waals surface area contributed by atoms with Crippen molar-refractivity contribution in [1.29, 1.82) is 0 Å². The summed E-state index contributed by atoms with van der Waals surface area (Å²) >= 11 is 6.33. The number of nitrogens with zero attached hydrogens (tertiary/aromatic N) is 1. The summed E-state index contributed by atoms with van der Waals surface area (Å²) in [5, 5.41) is 2.93. The number of nitrogens with one attached hydrogen (secondary N) is 1. The fourth-order valence-corrected chi connectivity index (χ4v) is 4.07. The molecule has 0 atom stereocenters. The minimum absolute atomic E-state index is 0.135. The molecule has 0 aromatic heterocycles. The average Bonchev–Trinajstić information content (AvgIpc) is 2.82. The number of urea groups is 1. The molecule has 1 aliphatic rings. The summed E-state index contributed by atoms with van der Waals surface area (Å²) in [5.41, 5.74) is 4.72. The number of barbiturate groups is 1. The van der Waals surface area contributed by atoms with Gasteiger partial charge in [-0.25, -0.2) is 9.69 Å². The van der Waals surface area contributed by atoms with Crippen molar-refractivity contribution in [3.05, 3.63) is 99.1 Å². The number of halogens is 1. The number of carbonyl (C=O) groups excluding carboxylic acids is 3. The van der Waals surface area contributed by atoms with Crippen molar-refractivity contribution in [2.45, 2.75) is 27.2 Å². The molecule has 7 heteroatoms. The Balaban J connectivity index is 1.68. The van der Waals surface area contributed by atoms with Crippen LogP contribution >= 0.6 is 11.6 Å². The first-order valence-corrected chi connectivity index (χ1v) is 11.6. The minimum Gasteiger partial charge on any atom is -0.494 e. The molecule has 0 spiro atoms. The first-order valence-electron chi connectivity index (χ1n) is 11.3. The zero-order chi connectivity index (χ0) is 25.1. The maximum Gasteiger partial charge on any atom is 0.335 e. The second-order valence-electron chi connectivity index (χ2n) is 8.29. The molecule has 1 heterocycles. The molecular weight excluding hydrogens is 464 g/mol. The highest BCUT2D eigenvalue weighted by atomic mass is 35.5. The highest BCUT2D eigenvalue weighted by molar-refractivity contribution is 6.39. The molecule has 0 bridgehead atoms. The monoisotopic (exact) mass is 488 g/mol. The van der Waals surface area contributed by atoms with E-state index < -0.39 is 17.8 Å². The Hall–Kier alpha value is -3.90. The van der Waals surface area contributed by atoms with E-state index in [0.717, 1.165) is 27.2 Å². The van der Waals surface area contributed by atoms with Crippen LogP contribution in [0.1, 0.15) is 34.7 Å². The number of anilines is 1. The van der Waals surface area contributed by atoms with Crippen molar-refractivity contribution in [1.82, 2.24) is 5.32 Å². The topological polar surface area (TPSA) is 75.7 Å². The van der Waals surface area contributed by atoms with Crippen molar-refractivity contribution in [2.75, 3.05) is 11.5 Å². The molecular formula is C28H25ClN2O4. The van der Waals surface area contributed by atoms with Gasteiger partial charge in [-0.1, -0.05) is 48.0 Å². The Kier molecular flexibility index (Phi) is 7.03. The van der Waals surface area contributed by atoms with Crippen LogP contribution in [0.25, 0.3) is 6.08 Å². The van der Waals surface area contributed by atoms with E-state index in [0.29, 0.717) is 35.1 Å². The number of rotatable bonds is 6. The normalized spacial score (nSPS) is 14.9. The summed E-state index contributed by atoms with van der Waals surface area (Å²) in [7, 11) is 0. The zero-order valence-electron chi connectivity index (χ0n) is 19.7. The van der Waals surface area contributed by atoms with E-state index in [1.807, 2.05) is 57.2 Å². The Morgan fingerprint density at radius 3 is 2.43 bits per heavy atom. The van der Waals surface area contributed by atoms with Crippen molar-refractivity contribution in [3.8, 4) is 5.75 Å². The van der Waals surface area contributed by atoms with Crippen LogP contribution in [0.2, 0.25) is 5.02 Å². The van der Waals surface area contributed by atoms with Gasteiger partial charge >= 0.3 is 6.03 Å². The van der Waals surface area contributed by atoms with Crippen molar-refractivity contribution in [2.24, 2.45) is 0 Å². The second kappa shape index (κ2) is 10.2. The van der Waals surface area contributed by atoms with Gasteiger partial charge in [-0.15, -0.1) is 0 Å². The van der Waals surface area contributed by atoms with E-state index in [9.17, 15) is 14.4 Å². The summed E-state index contributed by atoms with van der Waals surface area (Å²) in [6, 6.07) is 17.6. The van der Waals surface area contributed by atoms with Crippen molar-refractivity contribution in [3.63, 3.8) is 0 Å². The Labute approximate surface area is 209 Å². The van der Waals surface area contributed by atoms with Crippen LogP contribution in [-0.2, 0) is 16.0 Å². The number of benzene rings is 3. The standard InChI is InChI=1S/C28H25ClN2O4/c1-4-35-25-15-19(10-11-21(25)16-20-7-5-6-8-24(20)29)14-23-26(32)30-28(34)31(27(23)33)22-12-9-17(2)18(3)13-22/h5-15H,4,16H2,1-3H3,(H,30,32,34)/b23-14+. The third-order valence-electron chi connectivity index (χ3n) is 5.89. The summed E-state index contributed by atoms with van der Waals surface area (Å²) < 4.78 is 5.84. The van der Waals surface area contributed by atoms with Gasteiger partial charge in [0.05, 0.1) is 12.3 Å². The van der Waals surface area contributed by atoms with Gasteiger partial charge < -0.3 is 4.74 Å². The molecule has 1 saturated heterocycles. The summed E-state index contributed by atoms with van der Waals surface area (Å²) in [4.78, 5) is 39.3. The van der Waals surface area contributed by atoms with Crippen LogP contribution in [0.15, 0.2) is 66.2 Å². The van der Waals surface area contributed by atoms with Gasteiger partial charge in [-0.3, -0.25) is 14.9 Å². The lowest BCUT2D eigenvalue weighted by Gasteiger charge is -2.27. The van der Waals surface area contributed by atoms with Crippen LogP contribution in [0.5, 0.6) is 5.75 Å². The highest BCUT2D eigenvalue weighted by Gasteiger charge is 2.36. The molecule has 1 aliphatic heterocycles. The lowest BCUT2D eigenvalue weighted by Crippen LogP contribution is -2.54. The Bertz CT molecular complexity index is 1360. The van der Waals surface area contributed by atoms with E-state index in [1.165, 1.54) is 6.08 Å². The summed E-state index contributed by atoms with van der Waals surface area (Å²) in [6.45, 7) is 6.17. The molecule has 0 aliphatic carbocycles. The first kappa shape index (κ1) is 24.2. The van der Waals surface area contributed by atoms with Crippen LogP contribution in [0.3, 0.4) is 0 Å². The van der Waals surface area contributed by atoms with Gasteiger partial charge in [-0.05, 0) is 78.9 Å². The summed E-state index contributed by atoms with van der Waals surface area (Å²) in [5.74, 6) is -0.786. The smallest absolute Gasteiger partial charge is 0.335 e. The maximum atomic E-state index is 13.2. The van der Waals surface area contributed by atoms with E-state index in [1.54, 1.807) is 24.3 Å². The van der Waals surface area contributed by atoms with E-state index in [4.69, 9.17) is 16.3 Å². The van der Waals surface area contributed by atoms with Gasteiger partial charge in [0, 0.05) is 11.4 Å². The van der Waals surface area contributed by atoms with E-state index in [-0.39, 0.29) is 5.57 Å². The Morgan fingerprint density at radius 2 is 1.71 bits per heavy atom.